The van der Waals surface area contributed by atoms with Crippen LogP contribution in [0, 0.1) is 0 Å². The number of hydrogen-bond acceptors (Lipinski definition) is 3. The average Bonchev–Trinajstić information content (AvgIpc) is 3.01. The van der Waals surface area contributed by atoms with Gasteiger partial charge in [-0.3, -0.25) is 4.79 Å². The molecule has 25 heavy (non-hydrogen) atoms. The predicted octanol–water partition coefficient (Wildman–Crippen LogP) is 3.92. The fourth-order valence-electron chi connectivity index (χ4n) is 2.35. The Morgan fingerprint density at radius 1 is 1.20 bits per heavy atom. The molecule has 0 aliphatic carbocycles. The molecule has 3 aromatic rings. The van der Waals surface area contributed by atoms with E-state index in [2.05, 4.69) is 31.3 Å². The van der Waals surface area contributed by atoms with Crippen LogP contribution in [0.3, 0.4) is 0 Å². The van der Waals surface area contributed by atoms with Gasteiger partial charge in [-0.25, -0.2) is 9.50 Å². The molecule has 1 amide bonds. The molecule has 5 nitrogen and oxygen atoms in total. The van der Waals surface area contributed by atoms with E-state index in [-0.39, 0.29) is 5.69 Å². The van der Waals surface area contributed by atoms with Crippen molar-refractivity contribution in [1.82, 2.24) is 19.9 Å². The lowest BCUT2D eigenvalue weighted by atomic mass is 10.0. The van der Waals surface area contributed by atoms with Gasteiger partial charge in [0.25, 0.3) is 5.91 Å². The van der Waals surface area contributed by atoms with Crippen LogP contribution in [0.2, 0.25) is 0 Å². The SMILES string of the molecule is O=C(N[C@H](CC(F)(F)F)c1ccc(Br)cc1)c1ccn2nccc2n1. The van der Waals surface area contributed by atoms with Gasteiger partial charge in [-0.05, 0) is 23.8 Å². The molecule has 3 rings (SSSR count). The monoisotopic (exact) mass is 412 g/mol. The molecule has 0 aliphatic rings. The third-order valence-corrected chi connectivity index (χ3v) is 4.03. The van der Waals surface area contributed by atoms with Gasteiger partial charge >= 0.3 is 6.18 Å². The summed E-state index contributed by atoms with van der Waals surface area (Å²) in [5, 5.41) is 6.37. The first-order valence-corrected chi connectivity index (χ1v) is 8.04. The highest BCUT2D eigenvalue weighted by molar-refractivity contribution is 9.10. The molecule has 0 saturated carbocycles. The smallest absolute Gasteiger partial charge is 0.344 e. The number of halogens is 4. The topological polar surface area (TPSA) is 59.3 Å². The Balaban J connectivity index is 1.85. The molecule has 1 aromatic carbocycles. The molecular formula is C16H12BrF3N4O. The zero-order chi connectivity index (χ0) is 18.0. The number of rotatable bonds is 4. The Morgan fingerprint density at radius 3 is 2.60 bits per heavy atom. The Labute approximate surface area is 149 Å². The van der Waals surface area contributed by atoms with Crippen molar-refractivity contribution in [3.63, 3.8) is 0 Å². The number of aromatic nitrogens is 3. The Bertz CT molecular complexity index is 892. The van der Waals surface area contributed by atoms with E-state index in [9.17, 15) is 18.0 Å². The zero-order valence-electron chi connectivity index (χ0n) is 12.7. The summed E-state index contributed by atoms with van der Waals surface area (Å²) in [6, 6.07) is 8.12. The quantitative estimate of drug-likeness (QED) is 0.706. The second-order valence-electron chi connectivity index (χ2n) is 5.34. The predicted molar refractivity (Wildman–Crippen MR) is 88.0 cm³/mol. The van der Waals surface area contributed by atoms with E-state index in [0.29, 0.717) is 11.2 Å². The number of fused-ring (bicyclic) bond motifs is 1. The van der Waals surface area contributed by atoms with E-state index in [0.717, 1.165) is 4.47 Å². The van der Waals surface area contributed by atoms with Crippen LogP contribution in [0.25, 0.3) is 5.65 Å². The van der Waals surface area contributed by atoms with Crippen molar-refractivity contribution in [2.45, 2.75) is 18.6 Å². The summed E-state index contributed by atoms with van der Waals surface area (Å²) in [4.78, 5) is 16.5. The lowest BCUT2D eigenvalue weighted by molar-refractivity contribution is -0.139. The van der Waals surface area contributed by atoms with Crippen LogP contribution in [-0.2, 0) is 0 Å². The fraction of sp³-hybridized carbons (Fsp3) is 0.188. The van der Waals surface area contributed by atoms with Gasteiger partial charge in [0.1, 0.15) is 5.69 Å². The number of alkyl halides is 3. The van der Waals surface area contributed by atoms with E-state index in [1.807, 2.05) is 0 Å². The van der Waals surface area contributed by atoms with E-state index >= 15 is 0 Å². The number of benzene rings is 1. The molecule has 0 fully saturated rings. The maximum atomic E-state index is 12.9. The van der Waals surface area contributed by atoms with Crippen LogP contribution in [-0.4, -0.2) is 26.7 Å². The van der Waals surface area contributed by atoms with Gasteiger partial charge in [0.15, 0.2) is 5.65 Å². The van der Waals surface area contributed by atoms with Crippen molar-refractivity contribution in [2.75, 3.05) is 0 Å². The van der Waals surface area contributed by atoms with Gasteiger partial charge < -0.3 is 5.32 Å². The Kier molecular flexibility index (Phi) is 4.76. The molecule has 0 radical (unpaired) electrons. The highest BCUT2D eigenvalue weighted by atomic mass is 79.9. The molecule has 2 heterocycles. The second-order valence-corrected chi connectivity index (χ2v) is 6.26. The minimum atomic E-state index is -4.42. The van der Waals surface area contributed by atoms with E-state index in [1.54, 1.807) is 18.2 Å². The van der Waals surface area contributed by atoms with Crippen molar-refractivity contribution >= 4 is 27.5 Å². The third-order valence-electron chi connectivity index (χ3n) is 3.50. The summed E-state index contributed by atoms with van der Waals surface area (Å²) in [5.41, 5.74) is 0.820. The fourth-order valence-corrected chi connectivity index (χ4v) is 2.61. The van der Waals surface area contributed by atoms with Crippen LogP contribution in [0.15, 0.2) is 53.3 Å². The molecule has 0 saturated heterocycles. The summed E-state index contributed by atoms with van der Waals surface area (Å²) in [6.45, 7) is 0. The molecule has 0 spiro atoms. The summed E-state index contributed by atoms with van der Waals surface area (Å²) in [6.07, 6.45) is -2.56. The van der Waals surface area contributed by atoms with Crippen LogP contribution in [0.5, 0.6) is 0 Å². The van der Waals surface area contributed by atoms with Gasteiger partial charge in [-0.15, -0.1) is 0 Å². The Morgan fingerprint density at radius 2 is 1.92 bits per heavy atom. The molecule has 9 heteroatoms. The second kappa shape index (κ2) is 6.83. The van der Waals surface area contributed by atoms with Crippen molar-refractivity contribution in [2.24, 2.45) is 0 Å². The number of carbonyl (C=O) groups is 1. The number of nitrogens with one attached hydrogen (secondary N) is 1. The van der Waals surface area contributed by atoms with Crippen LogP contribution < -0.4 is 5.32 Å². The van der Waals surface area contributed by atoms with E-state index in [1.165, 1.54) is 35.1 Å². The van der Waals surface area contributed by atoms with Crippen molar-refractivity contribution < 1.29 is 18.0 Å². The van der Waals surface area contributed by atoms with Crippen LogP contribution in [0.4, 0.5) is 13.2 Å². The third kappa shape index (κ3) is 4.36. The first-order valence-electron chi connectivity index (χ1n) is 7.25. The van der Waals surface area contributed by atoms with Crippen molar-refractivity contribution in [3.05, 3.63) is 64.5 Å². The normalized spacial score (nSPS) is 13.0. The van der Waals surface area contributed by atoms with E-state index < -0.39 is 24.5 Å². The molecule has 130 valence electrons. The number of nitrogens with zero attached hydrogens (tertiary/aromatic N) is 3. The van der Waals surface area contributed by atoms with Gasteiger partial charge in [0, 0.05) is 16.7 Å². The van der Waals surface area contributed by atoms with E-state index in [4.69, 9.17) is 0 Å². The molecule has 1 N–H and O–H groups in total. The summed E-state index contributed by atoms with van der Waals surface area (Å²) in [5.74, 6) is -0.680. The highest BCUT2D eigenvalue weighted by Gasteiger charge is 2.33. The standard InChI is InChI=1S/C16H12BrF3N4O/c17-11-3-1-10(2-4-11)13(9-16(18,19)20)23-15(25)12-6-8-24-14(22-12)5-7-21-24/h1-8,13H,9H2,(H,23,25)/t13-/m1/s1. The lowest BCUT2D eigenvalue weighted by Gasteiger charge is -2.20. The molecule has 1 atom stereocenters. The average molecular weight is 413 g/mol. The van der Waals surface area contributed by atoms with Gasteiger partial charge in [0.2, 0.25) is 0 Å². The summed E-state index contributed by atoms with van der Waals surface area (Å²) >= 11 is 3.23. The first kappa shape index (κ1) is 17.4. The number of amides is 1. The molecule has 2 aromatic heterocycles. The summed E-state index contributed by atoms with van der Waals surface area (Å²) in [7, 11) is 0. The largest absolute Gasteiger partial charge is 0.391 e. The van der Waals surface area contributed by atoms with Crippen molar-refractivity contribution in [1.29, 1.82) is 0 Å². The molecule has 0 aliphatic heterocycles. The van der Waals surface area contributed by atoms with Crippen molar-refractivity contribution in [3.8, 4) is 0 Å². The van der Waals surface area contributed by atoms with Gasteiger partial charge in [0.05, 0.1) is 18.7 Å². The molecular weight excluding hydrogens is 401 g/mol. The van der Waals surface area contributed by atoms with Gasteiger partial charge in [-0.1, -0.05) is 28.1 Å². The maximum absolute atomic E-state index is 12.9. The number of hydrogen-bond donors (Lipinski definition) is 1. The van der Waals surface area contributed by atoms with Crippen LogP contribution in [0.1, 0.15) is 28.5 Å². The minimum absolute atomic E-state index is 0.0253. The summed E-state index contributed by atoms with van der Waals surface area (Å²) < 4.78 is 40.9. The zero-order valence-corrected chi connectivity index (χ0v) is 14.3. The lowest BCUT2D eigenvalue weighted by Crippen LogP contribution is -2.32. The molecule has 0 unspecified atom stereocenters. The minimum Gasteiger partial charge on any atom is -0.344 e. The highest BCUT2D eigenvalue weighted by Crippen LogP contribution is 2.30. The first-order chi connectivity index (χ1) is 11.8. The maximum Gasteiger partial charge on any atom is 0.391 e. The Hall–Kier alpha value is -2.42. The molecule has 0 bridgehead atoms. The van der Waals surface area contributed by atoms with Crippen LogP contribution >= 0.6 is 15.9 Å². The van der Waals surface area contributed by atoms with Gasteiger partial charge in [-0.2, -0.15) is 18.3 Å². The number of carbonyl (C=O) groups excluding carboxylic acids is 1.